The van der Waals surface area contributed by atoms with E-state index in [9.17, 15) is 14.4 Å². The standard InChI is InChI=1S/C22H23N3O5S/c1-14(2)19(25-22(28)30-12-15-8-4-3-5-9-15)20(27)29-13-18(26)24-21-23-16-10-6-7-11-17(16)31-21/h3-11,14,19H,12-13H2,1-2H3,(H,25,28)(H,23,24,26)/t19-/m0/s1. The SMILES string of the molecule is CC(C)[C@H](NC(=O)OCc1ccccc1)C(=O)OCC(=O)Nc1nc2ccccc2s1. The van der Waals surface area contributed by atoms with Crippen molar-refractivity contribution in [3.63, 3.8) is 0 Å². The average Bonchev–Trinajstić information content (AvgIpc) is 3.17. The fourth-order valence-electron chi connectivity index (χ4n) is 2.70. The molecule has 0 saturated carbocycles. The van der Waals surface area contributed by atoms with E-state index in [1.807, 2.05) is 54.6 Å². The number of amides is 2. The predicted octanol–water partition coefficient (Wildman–Crippen LogP) is 3.73. The smallest absolute Gasteiger partial charge is 0.408 e. The van der Waals surface area contributed by atoms with Crippen molar-refractivity contribution in [2.24, 2.45) is 5.92 Å². The van der Waals surface area contributed by atoms with Crippen LogP contribution in [0.3, 0.4) is 0 Å². The number of para-hydroxylation sites is 1. The lowest BCUT2D eigenvalue weighted by atomic mass is 10.1. The number of rotatable bonds is 8. The second-order valence-electron chi connectivity index (χ2n) is 7.07. The van der Waals surface area contributed by atoms with Crippen LogP contribution >= 0.6 is 11.3 Å². The average molecular weight is 442 g/mol. The van der Waals surface area contributed by atoms with Crippen LogP contribution in [0.4, 0.5) is 9.93 Å². The highest BCUT2D eigenvalue weighted by molar-refractivity contribution is 7.22. The van der Waals surface area contributed by atoms with Crippen LogP contribution in [0.5, 0.6) is 0 Å². The molecule has 0 radical (unpaired) electrons. The monoisotopic (exact) mass is 441 g/mol. The number of nitrogens with one attached hydrogen (secondary N) is 2. The molecule has 8 nitrogen and oxygen atoms in total. The zero-order valence-corrected chi connectivity index (χ0v) is 18.0. The van der Waals surface area contributed by atoms with Crippen LogP contribution in [0.15, 0.2) is 54.6 Å². The minimum absolute atomic E-state index is 0.0805. The van der Waals surface area contributed by atoms with Gasteiger partial charge in [-0.3, -0.25) is 10.1 Å². The number of benzene rings is 2. The van der Waals surface area contributed by atoms with E-state index in [1.165, 1.54) is 11.3 Å². The van der Waals surface area contributed by atoms with Gasteiger partial charge in [-0.15, -0.1) is 0 Å². The number of anilines is 1. The van der Waals surface area contributed by atoms with Gasteiger partial charge in [0.1, 0.15) is 12.6 Å². The summed E-state index contributed by atoms with van der Waals surface area (Å²) in [6.07, 6.45) is -0.738. The van der Waals surface area contributed by atoms with E-state index >= 15 is 0 Å². The molecule has 2 N–H and O–H groups in total. The third kappa shape index (κ3) is 6.51. The summed E-state index contributed by atoms with van der Waals surface area (Å²) in [5.74, 6) is -1.49. The maximum atomic E-state index is 12.4. The molecule has 0 aliphatic rings. The number of thiazole rings is 1. The van der Waals surface area contributed by atoms with Crippen LogP contribution in [0.25, 0.3) is 10.2 Å². The van der Waals surface area contributed by atoms with Crippen molar-refractivity contribution in [2.75, 3.05) is 11.9 Å². The van der Waals surface area contributed by atoms with Gasteiger partial charge in [0.25, 0.3) is 5.91 Å². The molecule has 162 valence electrons. The van der Waals surface area contributed by atoms with Gasteiger partial charge < -0.3 is 14.8 Å². The lowest BCUT2D eigenvalue weighted by Gasteiger charge is -2.20. The second kappa shape index (κ2) is 10.5. The highest BCUT2D eigenvalue weighted by atomic mass is 32.1. The third-order valence-electron chi connectivity index (χ3n) is 4.29. The molecule has 0 aliphatic heterocycles. The Morgan fingerprint density at radius 1 is 1.00 bits per heavy atom. The van der Waals surface area contributed by atoms with E-state index in [0.29, 0.717) is 5.13 Å². The van der Waals surface area contributed by atoms with Crippen molar-refractivity contribution in [2.45, 2.75) is 26.5 Å². The Morgan fingerprint density at radius 2 is 1.71 bits per heavy atom. The van der Waals surface area contributed by atoms with Crippen molar-refractivity contribution >= 4 is 44.7 Å². The Morgan fingerprint density at radius 3 is 2.42 bits per heavy atom. The lowest BCUT2D eigenvalue weighted by Crippen LogP contribution is -2.46. The predicted molar refractivity (Wildman–Crippen MR) is 118 cm³/mol. The zero-order valence-electron chi connectivity index (χ0n) is 17.2. The maximum Gasteiger partial charge on any atom is 0.408 e. The number of fused-ring (bicyclic) bond motifs is 1. The quantitative estimate of drug-likeness (QED) is 0.516. The molecule has 1 atom stereocenters. The summed E-state index contributed by atoms with van der Waals surface area (Å²) in [5.41, 5.74) is 1.60. The molecule has 0 unspecified atom stereocenters. The molecule has 9 heteroatoms. The van der Waals surface area contributed by atoms with Gasteiger partial charge in [0.15, 0.2) is 11.7 Å². The van der Waals surface area contributed by atoms with Crippen LogP contribution in [0.1, 0.15) is 19.4 Å². The van der Waals surface area contributed by atoms with Crippen molar-refractivity contribution in [3.05, 3.63) is 60.2 Å². The maximum absolute atomic E-state index is 12.4. The molecule has 3 rings (SSSR count). The van der Waals surface area contributed by atoms with E-state index in [0.717, 1.165) is 15.8 Å². The van der Waals surface area contributed by atoms with Gasteiger partial charge in [0, 0.05) is 0 Å². The molecule has 3 aromatic rings. The molecule has 0 fully saturated rings. The highest BCUT2D eigenvalue weighted by Gasteiger charge is 2.27. The number of aromatic nitrogens is 1. The van der Waals surface area contributed by atoms with Crippen LogP contribution in [-0.4, -0.2) is 35.6 Å². The van der Waals surface area contributed by atoms with E-state index in [1.54, 1.807) is 13.8 Å². The van der Waals surface area contributed by atoms with Crippen molar-refractivity contribution in [1.29, 1.82) is 0 Å². The number of nitrogens with zero attached hydrogens (tertiary/aromatic N) is 1. The normalized spacial score (nSPS) is 11.7. The number of hydrogen-bond donors (Lipinski definition) is 2. The molecule has 1 heterocycles. The molecule has 0 saturated heterocycles. The Kier molecular flexibility index (Phi) is 7.55. The fraction of sp³-hybridized carbons (Fsp3) is 0.273. The van der Waals surface area contributed by atoms with Crippen molar-refractivity contribution in [1.82, 2.24) is 10.3 Å². The van der Waals surface area contributed by atoms with Crippen molar-refractivity contribution < 1.29 is 23.9 Å². The topological polar surface area (TPSA) is 107 Å². The Bertz CT molecular complexity index is 1020. The van der Waals surface area contributed by atoms with Gasteiger partial charge in [-0.2, -0.15) is 0 Å². The first-order valence-electron chi connectivity index (χ1n) is 9.71. The third-order valence-corrected chi connectivity index (χ3v) is 5.24. The molecule has 2 amide bonds. The summed E-state index contributed by atoms with van der Waals surface area (Å²) in [6.45, 7) is 3.10. The summed E-state index contributed by atoms with van der Waals surface area (Å²) < 4.78 is 11.2. The zero-order chi connectivity index (χ0) is 22.2. The largest absolute Gasteiger partial charge is 0.454 e. The molecule has 2 aromatic carbocycles. The van der Waals surface area contributed by atoms with Crippen LogP contribution in [-0.2, 0) is 25.7 Å². The summed E-state index contributed by atoms with van der Waals surface area (Å²) in [4.78, 5) is 40.9. The molecule has 0 spiro atoms. The van der Waals surface area contributed by atoms with Gasteiger partial charge in [-0.1, -0.05) is 67.6 Å². The molecule has 0 aliphatic carbocycles. The summed E-state index contributed by atoms with van der Waals surface area (Å²) in [5, 5.41) is 5.53. The first kappa shape index (κ1) is 22.2. The number of ether oxygens (including phenoxy) is 2. The first-order valence-corrected chi connectivity index (χ1v) is 10.5. The van der Waals surface area contributed by atoms with Crippen molar-refractivity contribution in [3.8, 4) is 0 Å². The Hall–Kier alpha value is -3.46. The van der Waals surface area contributed by atoms with Gasteiger partial charge in [-0.05, 0) is 23.6 Å². The Labute approximate surface area is 183 Å². The first-order chi connectivity index (χ1) is 14.9. The summed E-state index contributed by atoms with van der Waals surface area (Å²) in [6, 6.07) is 15.7. The van der Waals surface area contributed by atoms with Gasteiger partial charge >= 0.3 is 12.1 Å². The molecular weight excluding hydrogens is 418 g/mol. The number of carbonyl (C=O) groups excluding carboxylic acids is 3. The van der Waals surface area contributed by atoms with Gasteiger partial charge in [-0.25, -0.2) is 14.6 Å². The van der Waals surface area contributed by atoms with E-state index in [2.05, 4.69) is 15.6 Å². The van der Waals surface area contributed by atoms with E-state index < -0.39 is 30.6 Å². The van der Waals surface area contributed by atoms with E-state index in [4.69, 9.17) is 9.47 Å². The van der Waals surface area contributed by atoms with E-state index in [-0.39, 0.29) is 12.5 Å². The second-order valence-corrected chi connectivity index (χ2v) is 8.10. The van der Waals surface area contributed by atoms with Gasteiger partial charge in [0.05, 0.1) is 10.2 Å². The fourth-order valence-corrected chi connectivity index (χ4v) is 3.58. The molecule has 31 heavy (non-hydrogen) atoms. The molecule has 0 bridgehead atoms. The number of alkyl carbamates (subject to hydrolysis) is 1. The number of hydrogen-bond acceptors (Lipinski definition) is 7. The van der Waals surface area contributed by atoms with Crippen LogP contribution < -0.4 is 10.6 Å². The minimum Gasteiger partial charge on any atom is -0.454 e. The van der Waals surface area contributed by atoms with Crippen LogP contribution in [0.2, 0.25) is 0 Å². The number of esters is 1. The lowest BCUT2D eigenvalue weighted by molar-refractivity contribution is -0.150. The Balaban J connectivity index is 1.47. The highest BCUT2D eigenvalue weighted by Crippen LogP contribution is 2.25. The minimum atomic E-state index is -0.946. The summed E-state index contributed by atoms with van der Waals surface area (Å²) in [7, 11) is 0. The number of carbonyl (C=O) groups is 3. The summed E-state index contributed by atoms with van der Waals surface area (Å²) >= 11 is 1.33. The molecular formula is C22H23N3O5S. The molecule has 1 aromatic heterocycles. The van der Waals surface area contributed by atoms with Crippen LogP contribution in [0, 0.1) is 5.92 Å². The van der Waals surface area contributed by atoms with Gasteiger partial charge in [0.2, 0.25) is 0 Å².